The third-order valence-corrected chi connectivity index (χ3v) is 9.83. The number of allylic oxidation sites excluding steroid dienone is 1. The Hall–Kier alpha value is -3.03. The van der Waals surface area contributed by atoms with Crippen LogP contribution in [0.3, 0.4) is 0 Å². The molecule has 0 aromatic rings. The average Bonchev–Trinajstić information content (AvgIpc) is 3.10. The van der Waals surface area contributed by atoms with Crippen molar-refractivity contribution in [1.82, 2.24) is 10.6 Å². The van der Waals surface area contributed by atoms with Gasteiger partial charge in [-0.15, -0.1) is 4.65 Å². The molecule has 0 spiro atoms. The predicted octanol–water partition coefficient (Wildman–Crippen LogP) is 6.84. The van der Waals surface area contributed by atoms with Gasteiger partial charge in [0.1, 0.15) is 33.4 Å². The smallest absolute Gasteiger partial charge is 0.366 e. The second-order valence-corrected chi connectivity index (χ2v) is 16.8. The van der Waals surface area contributed by atoms with Crippen LogP contribution in [0.4, 0.5) is 0 Å². The number of hydroxylamine groups is 3. The fraction of sp³-hybridized carbons (Fsp3) is 0.841. The number of quaternary nitrogens is 2. The maximum atomic E-state index is 12.5. The lowest BCUT2D eigenvalue weighted by molar-refractivity contribution is -1.05. The Bertz CT molecular complexity index is 1130. The van der Waals surface area contributed by atoms with Crippen LogP contribution in [-0.2, 0) is 38.3 Å². The van der Waals surface area contributed by atoms with E-state index in [-0.39, 0.29) is 29.0 Å². The highest BCUT2D eigenvalue weighted by atomic mass is 16.7. The number of amides is 2. The van der Waals surface area contributed by atoms with Crippen molar-refractivity contribution < 1.29 is 52.5 Å². The summed E-state index contributed by atoms with van der Waals surface area (Å²) in [7, 11) is 7.14. The number of carbonyl (C=O) groups is 5. The van der Waals surface area contributed by atoms with Crippen LogP contribution < -0.4 is 10.6 Å². The van der Waals surface area contributed by atoms with E-state index in [1.807, 2.05) is 20.2 Å². The number of likely N-dealkylation sites (N-methyl/N-ethyl adjacent to an activating group) is 2. The SMILES string of the molecule is CCCCCC(OC(=O)C[N+](C)(C)OC(C)=O)C(O)C/C=C\CCCCCCCC(=O)NCCCCCCCCCCCCNC(=O)C[N+](C)(C)CCOC(C)=O. The van der Waals surface area contributed by atoms with Gasteiger partial charge in [0.15, 0.2) is 6.54 Å². The van der Waals surface area contributed by atoms with Gasteiger partial charge in [-0.05, 0) is 51.4 Å². The van der Waals surface area contributed by atoms with Crippen LogP contribution in [0, 0.1) is 0 Å². The number of ether oxygens (including phenoxy) is 2. The largest absolute Gasteiger partial charge is 0.460 e. The molecule has 0 bridgehead atoms. The molecule has 0 aliphatic rings. The molecule has 13 heteroatoms. The topological polar surface area (TPSA) is 157 Å². The summed E-state index contributed by atoms with van der Waals surface area (Å²) in [6, 6.07) is 0. The average molecular weight is 813 g/mol. The first kappa shape index (κ1) is 54.0. The first-order chi connectivity index (χ1) is 27.1. The zero-order valence-electron chi connectivity index (χ0n) is 37.2. The number of hydrogen-bond acceptors (Lipinski definition) is 9. The maximum Gasteiger partial charge on any atom is 0.366 e. The highest BCUT2D eigenvalue weighted by Gasteiger charge is 2.29. The molecule has 2 unspecified atom stereocenters. The minimum atomic E-state index is -0.789. The molecule has 2 atom stereocenters. The van der Waals surface area contributed by atoms with Crippen molar-refractivity contribution in [3.63, 3.8) is 0 Å². The highest BCUT2D eigenvalue weighted by Crippen LogP contribution is 2.16. The van der Waals surface area contributed by atoms with E-state index in [4.69, 9.17) is 14.3 Å². The Morgan fingerprint density at radius 3 is 1.75 bits per heavy atom. The molecule has 2 amide bonds. The molecule has 0 saturated heterocycles. The molecule has 0 fully saturated rings. The Morgan fingerprint density at radius 1 is 0.649 bits per heavy atom. The molecule has 0 saturated carbocycles. The van der Waals surface area contributed by atoms with Gasteiger partial charge in [-0.2, -0.15) is 0 Å². The summed E-state index contributed by atoms with van der Waals surface area (Å²) in [4.78, 5) is 64.3. The van der Waals surface area contributed by atoms with Crippen molar-refractivity contribution >= 4 is 29.7 Å². The van der Waals surface area contributed by atoms with Crippen LogP contribution in [0.5, 0.6) is 0 Å². The summed E-state index contributed by atoms with van der Waals surface area (Å²) in [5.74, 6) is -1.09. The molecule has 13 nitrogen and oxygen atoms in total. The summed E-state index contributed by atoms with van der Waals surface area (Å²) in [6.07, 6.45) is 25.0. The van der Waals surface area contributed by atoms with Crippen molar-refractivity contribution in [1.29, 1.82) is 0 Å². The number of carbonyl (C=O) groups excluding carboxylic acids is 5. The van der Waals surface area contributed by atoms with E-state index in [9.17, 15) is 29.1 Å². The molecule has 0 rings (SSSR count). The van der Waals surface area contributed by atoms with E-state index in [1.165, 1.54) is 52.4 Å². The van der Waals surface area contributed by atoms with Gasteiger partial charge < -0.3 is 29.7 Å². The predicted molar refractivity (Wildman–Crippen MR) is 226 cm³/mol. The van der Waals surface area contributed by atoms with Gasteiger partial charge >= 0.3 is 17.9 Å². The Labute approximate surface area is 346 Å². The minimum Gasteiger partial charge on any atom is -0.460 e. The van der Waals surface area contributed by atoms with Gasteiger partial charge in [0.25, 0.3) is 5.91 Å². The summed E-state index contributed by atoms with van der Waals surface area (Å²) < 4.78 is 10.8. The Kier molecular flexibility index (Phi) is 32.1. The van der Waals surface area contributed by atoms with Crippen molar-refractivity contribution in [2.75, 3.05) is 67.5 Å². The summed E-state index contributed by atoms with van der Waals surface area (Å²) in [5, 5.41) is 16.9. The third kappa shape index (κ3) is 35.8. The fourth-order valence-corrected chi connectivity index (χ4v) is 6.57. The van der Waals surface area contributed by atoms with E-state index < -0.39 is 24.1 Å². The lowest BCUT2D eigenvalue weighted by Crippen LogP contribution is -2.49. The number of rotatable bonds is 37. The molecule has 0 heterocycles. The maximum absolute atomic E-state index is 12.5. The van der Waals surface area contributed by atoms with Crippen LogP contribution in [0.2, 0.25) is 0 Å². The van der Waals surface area contributed by atoms with Gasteiger partial charge in [-0.3, -0.25) is 19.2 Å². The number of unbranched alkanes of at least 4 members (excludes halogenated alkanes) is 16. The van der Waals surface area contributed by atoms with Gasteiger partial charge in [0.2, 0.25) is 12.5 Å². The van der Waals surface area contributed by atoms with Gasteiger partial charge in [-0.1, -0.05) is 103 Å². The Balaban J connectivity index is 3.79. The number of aliphatic hydroxyl groups is 1. The molecule has 3 N–H and O–H groups in total. The van der Waals surface area contributed by atoms with Crippen molar-refractivity contribution in [3.8, 4) is 0 Å². The number of aliphatic hydroxyl groups excluding tert-OH is 1. The summed E-state index contributed by atoms with van der Waals surface area (Å²) in [5.41, 5.74) is 0. The molecule has 332 valence electrons. The van der Waals surface area contributed by atoms with Crippen molar-refractivity contribution in [2.45, 2.75) is 174 Å². The molecular formula is C44H84N4O9+2. The second-order valence-electron chi connectivity index (χ2n) is 16.8. The highest BCUT2D eigenvalue weighted by molar-refractivity contribution is 5.77. The molecule has 0 aliphatic carbocycles. The second kappa shape index (κ2) is 33.9. The zero-order valence-corrected chi connectivity index (χ0v) is 37.2. The minimum absolute atomic E-state index is 0.0369. The lowest BCUT2D eigenvalue weighted by atomic mass is 10.0. The van der Waals surface area contributed by atoms with E-state index in [0.717, 1.165) is 90.0 Å². The molecule has 0 radical (unpaired) electrons. The fourth-order valence-electron chi connectivity index (χ4n) is 6.57. The first-order valence-electron chi connectivity index (χ1n) is 22.1. The molecule has 0 aromatic carbocycles. The lowest BCUT2D eigenvalue weighted by Gasteiger charge is -2.28. The van der Waals surface area contributed by atoms with Crippen LogP contribution in [0.25, 0.3) is 0 Å². The van der Waals surface area contributed by atoms with Gasteiger partial charge in [-0.25, -0.2) is 9.59 Å². The Morgan fingerprint density at radius 2 is 1.19 bits per heavy atom. The number of nitrogens with zero attached hydrogens (tertiary/aromatic N) is 2. The van der Waals surface area contributed by atoms with Gasteiger partial charge in [0.05, 0.1) is 20.2 Å². The number of esters is 2. The van der Waals surface area contributed by atoms with Crippen LogP contribution in [0.15, 0.2) is 12.2 Å². The summed E-state index contributed by atoms with van der Waals surface area (Å²) >= 11 is 0. The quantitative estimate of drug-likeness (QED) is 0.0201. The first-order valence-corrected chi connectivity index (χ1v) is 22.1. The normalized spacial score (nSPS) is 12.9. The van der Waals surface area contributed by atoms with Crippen LogP contribution in [-0.4, -0.2) is 124 Å². The third-order valence-electron chi connectivity index (χ3n) is 9.83. The van der Waals surface area contributed by atoms with Crippen molar-refractivity contribution in [3.05, 3.63) is 12.2 Å². The molecule has 0 aromatic heterocycles. The summed E-state index contributed by atoms with van der Waals surface area (Å²) in [6.45, 7) is 7.44. The van der Waals surface area contributed by atoms with E-state index in [0.29, 0.717) is 50.0 Å². The van der Waals surface area contributed by atoms with Gasteiger partial charge in [0, 0.05) is 33.4 Å². The molecule has 0 aliphatic heterocycles. The van der Waals surface area contributed by atoms with E-state index >= 15 is 0 Å². The monoisotopic (exact) mass is 813 g/mol. The zero-order chi connectivity index (χ0) is 42.8. The van der Waals surface area contributed by atoms with E-state index in [2.05, 4.69) is 23.6 Å². The molecule has 57 heavy (non-hydrogen) atoms. The van der Waals surface area contributed by atoms with Crippen molar-refractivity contribution in [2.24, 2.45) is 0 Å². The number of nitrogens with one attached hydrogen (secondary N) is 2. The standard InChI is InChI=1S/C44H82N4O9/c1-8-9-24-30-41(56-44(54)37-48(6,7)57-39(3)50)40(51)29-25-20-16-12-13-17-21-26-31-42(52)45-32-27-22-18-14-10-11-15-19-23-28-33-46-43(53)36-47(4,5)34-35-55-38(2)49/h20,25,40-41,51H,8-19,21-24,26-37H2,1-7H3/p+2/b25-20-. The number of hydrogen-bond donors (Lipinski definition) is 3. The van der Waals surface area contributed by atoms with Crippen LogP contribution in [0.1, 0.15) is 162 Å². The van der Waals surface area contributed by atoms with E-state index in [1.54, 1.807) is 14.1 Å². The van der Waals surface area contributed by atoms with Crippen LogP contribution >= 0.6 is 0 Å². The molecular weight excluding hydrogens is 729 g/mol.